The van der Waals surface area contributed by atoms with E-state index in [1.165, 1.54) is 0 Å². The highest BCUT2D eigenvalue weighted by molar-refractivity contribution is 5.86. The van der Waals surface area contributed by atoms with Crippen LogP contribution in [0.5, 0.6) is 0 Å². The monoisotopic (exact) mass is 265 g/mol. The van der Waals surface area contributed by atoms with E-state index < -0.39 is 5.41 Å². The summed E-state index contributed by atoms with van der Waals surface area (Å²) in [6.45, 7) is 9.61. The number of nitriles is 1. The fourth-order valence-corrected chi connectivity index (χ4v) is 2.51. The van der Waals surface area contributed by atoms with Crippen LogP contribution in [0.15, 0.2) is 0 Å². The molecule has 1 atom stereocenters. The molecule has 108 valence electrons. The second-order valence-electron chi connectivity index (χ2n) is 5.59. The molecule has 0 saturated heterocycles. The number of rotatable bonds is 8. The van der Waals surface area contributed by atoms with Crippen LogP contribution in [-0.4, -0.2) is 36.5 Å². The molecule has 1 rings (SSSR count). The third-order valence-corrected chi connectivity index (χ3v) is 4.24. The zero-order chi connectivity index (χ0) is 14.3. The quantitative estimate of drug-likeness (QED) is 0.732. The van der Waals surface area contributed by atoms with Crippen molar-refractivity contribution in [3.8, 4) is 6.07 Å². The van der Waals surface area contributed by atoms with Gasteiger partial charge in [0.05, 0.1) is 6.07 Å². The maximum absolute atomic E-state index is 12.1. The summed E-state index contributed by atoms with van der Waals surface area (Å²) in [6, 6.07) is 2.35. The molecule has 0 bridgehead atoms. The maximum atomic E-state index is 12.1. The Morgan fingerprint density at radius 2 is 2.05 bits per heavy atom. The molecule has 0 aromatic carbocycles. The lowest BCUT2D eigenvalue weighted by molar-refractivity contribution is -0.132. The van der Waals surface area contributed by atoms with E-state index in [4.69, 9.17) is 5.26 Å². The first-order valence-electron chi connectivity index (χ1n) is 7.52. The molecule has 4 nitrogen and oxygen atoms in total. The van der Waals surface area contributed by atoms with Gasteiger partial charge in [-0.05, 0) is 58.7 Å². The zero-order valence-electron chi connectivity index (χ0n) is 12.5. The summed E-state index contributed by atoms with van der Waals surface area (Å²) in [7, 11) is 0. The van der Waals surface area contributed by atoms with Crippen molar-refractivity contribution in [1.29, 1.82) is 5.26 Å². The van der Waals surface area contributed by atoms with Gasteiger partial charge in [-0.1, -0.05) is 13.8 Å². The molecule has 4 heteroatoms. The summed E-state index contributed by atoms with van der Waals surface area (Å²) in [5.41, 5.74) is -0.715. The highest BCUT2D eigenvalue weighted by Gasteiger charge is 2.44. The van der Waals surface area contributed by atoms with Crippen molar-refractivity contribution in [1.82, 2.24) is 10.2 Å². The van der Waals surface area contributed by atoms with Crippen LogP contribution in [0, 0.1) is 16.7 Å². The van der Waals surface area contributed by atoms with Crippen LogP contribution in [0.4, 0.5) is 0 Å². The number of nitrogens with one attached hydrogen (secondary N) is 1. The molecule has 1 aliphatic carbocycles. The van der Waals surface area contributed by atoms with E-state index in [0.717, 1.165) is 51.7 Å². The minimum Gasteiger partial charge on any atom is -0.352 e. The van der Waals surface area contributed by atoms with Crippen LogP contribution in [0.25, 0.3) is 0 Å². The van der Waals surface area contributed by atoms with E-state index in [1.807, 2.05) is 6.92 Å². The lowest BCUT2D eigenvalue weighted by atomic mass is 9.69. The Morgan fingerprint density at radius 1 is 1.42 bits per heavy atom. The number of hydrogen-bond donors (Lipinski definition) is 1. The van der Waals surface area contributed by atoms with Crippen molar-refractivity contribution in [2.75, 3.05) is 19.6 Å². The third kappa shape index (κ3) is 4.21. The minimum absolute atomic E-state index is 0.0587. The van der Waals surface area contributed by atoms with E-state index >= 15 is 0 Å². The summed E-state index contributed by atoms with van der Waals surface area (Å²) >= 11 is 0. The molecule has 0 spiro atoms. The summed E-state index contributed by atoms with van der Waals surface area (Å²) in [5.74, 6) is -0.0587. The van der Waals surface area contributed by atoms with Crippen molar-refractivity contribution in [2.24, 2.45) is 5.41 Å². The van der Waals surface area contributed by atoms with Gasteiger partial charge in [0.2, 0.25) is 5.91 Å². The molecule has 1 unspecified atom stereocenters. The average Bonchev–Trinajstić information content (AvgIpc) is 2.34. The largest absolute Gasteiger partial charge is 0.352 e. The second kappa shape index (κ2) is 7.49. The minimum atomic E-state index is -0.715. The Bertz CT molecular complexity index is 327. The second-order valence-corrected chi connectivity index (χ2v) is 5.59. The van der Waals surface area contributed by atoms with Gasteiger partial charge in [-0.25, -0.2) is 0 Å². The van der Waals surface area contributed by atoms with E-state index in [0.29, 0.717) is 0 Å². The Labute approximate surface area is 117 Å². The maximum Gasteiger partial charge on any atom is 0.240 e. The highest BCUT2D eigenvalue weighted by atomic mass is 16.2. The molecule has 1 aliphatic rings. The molecule has 0 aromatic heterocycles. The number of nitrogens with zero attached hydrogens (tertiary/aromatic N) is 2. The standard InChI is InChI=1S/C15H27N3O/c1-4-18(5-2)11-6-8-13(3)17-14(19)15(12-16)9-7-10-15/h13H,4-11H2,1-3H3,(H,17,19). The first kappa shape index (κ1) is 16.0. The number of hydrogen-bond acceptors (Lipinski definition) is 3. The van der Waals surface area contributed by atoms with Crippen molar-refractivity contribution in [3.63, 3.8) is 0 Å². The number of carbonyl (C=O) groups excluding carboxylic acids is 1. The molecular weight excluding hydrogens is 238 g/mol. The lowest BCUT2D eigenvalue weighted by Gasteiger charge is -2.34. The van der Waals surface area contributed by atoms with Crippen LogP contribution in [0.2, 0.25) is 0 Å². The van der Waals surface area contributed by atoms with Crippen molar-refractivity contribution < 1.29 is 4.79 Å². The smallest absolute Gasteiger partial charge is 0.240 e. The molecule has 1 fully saturated rings. The summed E-state index contributed by atoms with van der Waals surface area (Å²) in [4.78, 5) is 14.4. The highest BCUT2D eigenvalue weighted by Crippen LogP contribution is 2.40. The third-order valence-electron chi connectivity index (χ3n) is 4.24. The van der Waals surface area contributed by atoms with Gasteiger partial charge < -0.3 is 10.2 Å². The average molecular weight is 265 g/mol. The van der Waals surface area contributed by atoms with Crippen molar-refractivity contribution in [2.45, 2.75) is 58.9 Å². The summed E-state index contributed by atoms with van der Waals surface area (Å²) in [6.07, 6.45) is 4.51. The van der Waals surface area contributed by atoms with Gasteiger partial charge in [0.25, 0.3) is 0 Å². The molecule has 1 N–H and O–H groups in total. The Hall–Kier alpha value is -1.08. The fourth-order valence-electron chi connectivity index (χ4n) is 2.51. The normalized spacial score (nSPS) is 18.5. The first-order chi connectivity index (χ1) is 9.07. The molecule has 0 aromatic rings. The van der Waals surface area contributed by atoms with E-state index in [-0.39, 0.29) is 11.9 Å². The van der Waals surface area contributed by atoms with Crippen LogP contribution in [0.3, 0.4) is 0 Å². The van der Waals surface area contributed by atoms with Crippen LogP contribution in [-0.2, 0) is 4.79 Å². The first-order valence-corrected chi connectivity index (χ1v) is 7.52. The molecule has 0 aliphatic heterocycles. The van der Waals surface area contributed by atoms with Gasteiger partial charge in [-0.3, -0.25) is 4.79 Å². The van der Waals surface area contributed by atoms with E-state index in [1.54, 1.807) is 0 Å². The predicted molar refractivity (Wildman–Crippen MR) is 76.5 cm³/mol. The zero-order valence-corrected chi connectivity index (χ0v) is 12.5. The SMILES string of the molecule is CCN(CC)CCCC(C)NC(=O)C1(C#N)CCC1. The van der Waals surface area contributed by atoms with Gasteiger partial charge in [0.15, 0.2) is 0 Å². The van der Waals surface area contributed by atoms with Gasteiger partial charge >= 0.3 is 0 Å². The predicted octanol–water partition coefficient (Wildman–Crippen LogP) is 2.31. The van der Waals surface area contributed by atoms with Gasteiger partial charge in [0.1, 0.15) is 5.41 Å². The topological polar surface area (TPSA) is 56.1 Å². The Balaban J connectivity index is 2.26. The Morgan fingerprint density at radius 3 is 2.47 bits per heavy atom. The molecule has 1 amide bonds. The molecular formula is C15H27N3O. The fraction of sp³-hybridized carbons (Fsp3) is 0.867. The summed E-state index contributed by atoms with van der Waals surface area (Å²) in [5, 5.41) is 12.1. The number of amides is 1. The van der Waals surface area contributed by atoms with Crippen LogP contribution >= 0.6 is 0 Å². The molecule has 0 heterocycles. The summed E-state index contributed by atoms with van der Waals surface area (Å²) < 4.78 is 0. The van der Waals surface area contributed by atoms with Crippen molar-refractivity contribution in [3.05, 3.63) is 0 Å². The molecule has 19 heavy (non-hydrogen) atoms. The molecule has 0 radical (unpaired) electrons. The van der Waals surface area contributed by atoms with Crippen LogP contribution < -0.4 is 5.32 Å². The Kier molecular flexibility index (Phi) is 6.30. The van der Waals surface area contributed by atoms with E-state index in [2.05, 4.69) is 30.1 Å². The van der Waals surface area contributed by atoms with Crippen LogP contribution in [0.1, 0.15) is 52.9 Å². The molecule has 1 saturated carbocycles. The van der Waals surface area contributed by atoms with E-state index in [9.17, 15) is 4.79 Å². The van der Waals surface area contributed by atoms with Gasteiger partial charge in [0, 0.05) is 6.04 Å². The van der Waals surface area contributed by atoms with Gasteiger partial charge in [-0.2, -0.15) is 5.26 Å². The van der Waals surface area contributed by atoms with Crippen molar-refractivity contribution >= 4 is 5.91 Å². The van der Waals surface area contributed by atoms with Gasteiger partial charge in [-0.15, -0.1) is 0 Å². The lowest BCUT2D eigenvalue weighted by Crippen LogP contribution is -2.47. The number of carbonyl (C=O) groups is 1.